The standard InChI is InChI=1S/C20H30N4O/c1-15-6-3-4-8-17(15)20(9-10-20)14-23-19(22-2)24-11-5-7-16(13-24)12-18(21)25/h3-4,6,8,16H,5,7,9-14H2,1-2H3,(H2,21,25)(H,22,23). The van der Waals surface area contributed by atoms with Gasteiger partial charge in [0.15, 0.2) is 5.96 Å². The van der Waals surface area contributed by atoms with Crippen molar-refractivity contribution in [1.29, 1.82) is 0 Å². The third-order valence-electron chi connectivity index (χ3n) is 5.68. The molecule has 1 heterocycles. The molecule has 136 valence electrons. The molecule has 1 atom stereocenters. The molecule has 5 heteroatoms. The number of hydrogen-bond acceptors (Lipinski definition) is 2. The van der Waals surface area contributed by atoms with Gasteiger partial charge in [0.25, 0.3) is 0 Å². The largest absolute Gasteiger partial charge is 0.370 e. The molecular weight excluding hydrogens is 312 g/mol. The number of carbonyl (C=O) groups is 1. The third-order valence-corrected chi connectivity index (χ3v) is 5.68. The minimum absolute atomic E-state index is 0.203. The van der Waals surface area contributed by atoms with Crippen LogP contribution in [0.4, 0.5) is 0 Å². The van der Waals surface area contributed by atoms with Crippen LogP contribution in [0, 0.1) is 12.8 Å². The topological polar surface area (TPSA) is 70.7 Å². The number of likely N-dealkylation sites (tertiary alicyclic amines) is 1. The minimum atomic E-state index is -0.203. The molecule has 3 rings (SSSR count). The van der Waals surface area contributed by atoms with E-state index in [1.807, 2.05) is 7.05 Å². The zero-order valence-electron chi connectivity index (χ0n) is 15.4. The van der Waals surface area contributed by atoms with Gasteiger partial charge in [0.05, 0.1) is 0 Å². The average Bonchev–Trinajstić information content (AvgIpc) is 3.36. The minimum Gasteiger partial charge on any atom is -0.370 e. The van der Waals surface area contributed by atoms with Gasteiger partial charge in [-0.2, -0.15) is 0 Å². The van der Waals surface area contributed by atoms with Gasteiger partial charge in [-0.1, -0.05) is 24.3 Å². The van der Waals surface area contributed by atoms with E-state index in [4.69, 9.17) is 5.73 Å². The fourth-order valence-corrected chi connectivity index (χ4v) is 4.15. The maximum Gasteiger partial charge on any atom is 0.217 e. The molecule has 1 amide bonds. The summed E-state index contributed by atoms with van der Waals surface area (Å²) >= 11 is 0. The van der Waals surface area contributed by atoms with Crippen LogP contribution >= 0.6 is 0 Å². The van der Waals surface area contributed by atoms with Crippen LogP contribution < -0.4 is 11.1 Å². The van der Waals surface area contributed by atoms with E-state index in [-0.39, 0.29) is 11.3 Å². The Morgan fingerprint density at radius 1 is 1.40 bits per heavy atom. The Morgan fingerprint density at radius 3 is 2.80 bits per heavy atom. The van der Waals surface area contributed by atoms with Crippen molar-refractivity contribution in [2.75, 3.05) is 26.7 Å². The molecule has 2 aliphatic rings. The van der Waals surface area contributed by atoms with Crippen LogP contribution in [0.25, 0.3) is 0 Å². The molecule has 2 fully saturated rings. The van der Waals surface area contributed by atoms with E-state index in [0.29, 0.717) is 12.3 Å². The second-order valence-electron chi connectivity index (χ2n) is 7.62. The van der Waals surface area contributed by atoms with Crippen LogP contribution in [0.5, 0.6) is 0 Å². The van der Waals surface area contributed by atoms with Crippen LogP contribution in [-0.4, -0.2) is 43.4 Å². The van der Waals surface area contributed by atoms with Gasteiger partial charge in [-0.3, -0.25) is 9.79 Å². The van der Waals surface area contributed by atoms with E-state index in [0.717, 1.165) is 38.4 Å². The predicted octanol–water partition coefficient (Wildman–Crippen LogP) is 2.19. The van der Waals surface area contributed by atoms with E-state index < -0.39 is 0 Å². The third kappa shape index (κ3) is 4.14. The van der Waals surface area contributed by atoms with Crippen LogP contribution in [0.15, 0.2) is 29.3 Å². The summed E-state index contributed by atoms with van der Waals surface area (Å²) in [6, 6.07) is 8.70. The lowest BCUT2D eigenvalue weighted by Crippen LogP contribution is -2.48. The number of nitrogens with one attached hydrogen (secondary N) is 1. The van der Waals surface area contributed by atoms with Crippen molar-refractivity contribution >= 4 is 11.9 Å². The van der Waals surface area contributed by atoms with Crippen molar-refractivity contribution in [2.24, 2.45) is 16.6 Å². The van der Waals surface area contributed by atoms with Crippen molar-refractivity contribution in [3.63, 3.8) is 0 Å². The molecule has 1 saturated carbocycles. The summed E-state index contributed by atoms with van der Waals surface area (Å²) in [5.74, 6) is 1.09. The lowest BCUT2D eigenvalue weighted by Gasteiger charge is -2.35. The Hall–Kier alpha value is -2.04. The zero-order valence-corrected chi connectivity index (χ0v) is 15.4. The highest BCUT2D eigenvalue weighted by Gasteiger charge is 2.45. The van der Waals surface area contributed by atoms with Crippen molar-refractivity contribution < 1.29 is 4.79 Å². The number of primary amides is 1. The zero-order chi connectivity index (χ0) is 17.9. The van der Waals surface area contributed by atoms with Gasteiger partial charge in [-0.25, -0.2) is 0 Å². The van der Waals surface area contributed by atoms with Crippen molar-refractivity contribution in [3.05, 3.63) is 35.4 Å². The van der Waals surface area contributed by atoms with Gasteiger partial charge in [-0.05, 0) is 49.7 Å². The van der Waals surface area contributed by atoms with Gasteiger partial charge < -0.3 is 16.0 Å². The van der Waals surface area contributed by atoms with Crippen molar-refractivity contribution in [1.82, 2.24) is 10.2 Å². The smallest absolute Gasteiger partial charge is 0.217 e. The second kappa shape index (κ2) is 7.46. The summed E-state index contributed by atoms with van der Waals surface area (Å²) in [7, 11) is 1.84. The van der Waals surface area contributed by atoms with E-state index >= 15 is 0 Å². The maximum atomic E-state index is 11.2. The van der Waals surface area contributed by atoms with Gasteiger partial charge in [0.2, 0.25) is 5.91 Å². The first-order chi connectivity index (χ1) is 12.0. The van der Waals surface area contributed by atoms with Crippen LogP contribution in [-0.2, 0) is 10.2 Å². The van der Waals surface area contributed by atoms with E-state index in [1.165, 1.54) is 24.0 Å². The van der Waals surface area contributed by atoms with Gasteiger partial charge in [-0.15, -0.1) is 0 Å². The molecule has 1 aromatic carbocycles. The number of hydrogen-bond donors (Lipinski definition) is 2. The fourth-order valence-electron chi connectivity index (χ4n) is 4.15. The molecule has 25 heavy (non-hydrogen) atoms. The fraction of sp³-hybridized carbons (Fsp3) is 0.600. The lowest BCUT2D eigenvalue weighted by atomic mass is 9.92. The number of guanidine groups is 1. The predicted molar refractivity (Wildman–Crippen MR) is 102 cm³/mol. The van der Waals surface area contributed by atoms with Crippen LogP contribution in [0.3, 0.4) is 0 Å². The molecule has 0 bridgehead atoms. The number of benzene rings is 1. The molecule has 1 saturated heterocycles. The Kier molecular flexibility index (Phi) is 5.30. The molecule has 0 radical (unpaired) electrons. The number of nitrogens with two attached hydrogens (primary N) is 1. The Bertz CT molecular complexity index is 651. The summed E-state index contributed by atoms with van der Waals surface area (Å²) in [4.78, 5) is 18.0. The molecule has 5 nitrogen and oxygen atoms in total. The van der Waals surface area contributed by atoms with Gasteiger partial charge in [0, 0.05) is 38.5 Å². The monoisotopic (exact) mass is 342 g/mol. The highest BCUT2D eigenvalue weighted by Crippen LogP contribution is 2.48. The molecule has 1 aromatic rings. The molecule has 1 unspecified atom stereocenters. The normalized spacial score (nSPS) is 22.6. The Labute approximate surface area is 150 Å². The van der Waals surface area contributed by atoms with E-state index in [9.17, 15) is 4.79 Å². The average molecular weight is 342 g/mol. The summed E-state index contributed by atoms with van der Waals surface area (Å²) < 4.78 is 0. The molecular formula is C20H30N4O. The molecule has 1 aliphatic carbocycles. The number of aryl methyl sites for hydroxylation is 1. The molecule has 0 spiro atoms. The number of aliphatic imine (C=N–C) groups is 1. The van der Waals surface area contributed by atoms with Crippen molar-refractivity contribution in [2.45, 2.75) is 44.4 Å². The second-order valence-corrected chi connectivity index (χ2v) is 7.62. The first-order valence-corrected chi connectivity index (χ1v) is 9.34. The Balaban J connectivity index is 1.61. The molecule has 0 aromatic heterocycles. The van der Waals surface area contributed by atoms with Gasteiger partial charge >= 0.3 is 0 Å². The van der Waals surface area contributed by atoms with Crippen LogP contribution in [0.2, 0.25) is 0 Å². The quantitative estimate of drug-likeness (QED) is 0.636. The number of amides is 1. The summed E-state index contributed by atoms with van der Waals surface area (Å²) in [5.41, 5.74) is 8.46. The SMILES string of the molecule is CN=C(NCC1(c2ccccc2C)CC1)N1CCCC(CC(N)=O)C1. The number of piperidine rings is 1. The summed E-state index contributed by atoms with van der Waals surface area (Å²) in [6.45, 7) is 4.97. The Morgan fingerprint density at radius 2 is 2.16 bits per heavy atom. The molecule has 3 N–H and O–H groups in total. The summed E-state index contributed by atoms with van der Waals surface area (Å²) in [6.07, 6.45) is 5.09. The highest BCUT2D eigenvalue weighted by atomic mass is 16.1. The van der Waals surface area contributed by atoms with Crippen LogP contribution in [0.1, 0.15) is 43.2 Å². The number of rotatable bonds is 5. The number of nitrogens with zero attached hydrogens (tertiary/aromatic N) is 2. The summed E-state index contributed by atoms with van der Waals surface area (Å²) in [5, 5.41) is 3.60. The number of carbonyl (C=O) groups excluding carboxylic acids is 1. The highest BCUT2D eigenvalue weighted by molar-refractivity contribution is 5.80. The maximum absolute atomic E-state index is 11.2. The molecule has 1 aliphatic heterocycles. The first-order valence-electron chi connectivity index (χ1n) is 9.34. The van der Waals surface area contributed by atoms with E-state index in [2.05, 4.69) is 46.4 Å². The van der Waals surface area contributed by atoms with Crippen molar-refractivity contribution in [3.8, 4) is 0 Å². The van der Waals surface area contributed by atoms with E-state index in [1.54, 1.807) is 0 Å². The lowest BCUT2D eigenvalue weighted by molar-refractivity contribution is -0.119. The van der Waals surface area contributed by atoms with Gasteiger partial charge in [0.1, 0.15) is 0 Å². The first kappa shape index (κ1) is 17.8.